The molecule has 29 heavy (non-hydrogen) atoms. The van der Waals surface area contributed by atoms with Crippen LogP contribution in [0.5, 0.6) is 5.75 Å². The molecule has 0 saturated carbocycles. The molecule has 0 aliphatic rings. The molecule has 2 aromatic carbocycles. The summed E-state index contributed by atoms with van der Waals surface area (Å²) in [5, 5.41) is 5.96. The molecule has 0 heterocycles. The van der Waals surface area contributed by atoms with Crippen LogP contribution in [0.1, 0.15) is 29.8 Å². The minimum absolute atomic E-state index is 0.0903. The van der Waals surface area contributed by atoms with Gasteiger partial charge in [-0.05, 0) is 69.9 Å². The fourth-order valence-electron chi connectivity index (χ4n) is 2.56. The summed E-state index contributed by atoms with van der Waals surface area (Å²) in [7, 11) is 3.94. The van der Waals surface area contributed by atoms with Gasteiger partial charge in [0, 0.05) is 24.3 Å². The van der Waals surface area contributed by atoms with E-state index in [1.54, 1.807) is 6.07 Å². The van der Waals surface area contributed by atoms with Crippen molar-refractivity contribution in [3.8, 4) is 5.75 Å². The number of amides is 1. The first-order chi connectivity index (χ1) is 13.8. The van der Waals surface area contributed by atoms with E-state index in [-0.39, 0.29) is 12.0 Å². The highest BCUT2D eigenvalue weighted by Gasteiger charge is 2.06. The minimum Gasteiger partial charge on any atom is -0.491 e. The Bertz CT molecular complexity index is 816. The van der Waals surface area contributed by atoms with Crippen molar-refractivity contribution in [2.75, 3.05) is 32.5 Å². The zero-order valence-electron chi connectivity index (χ0n) is 17.6. The zero-order chi connectivity index (χ0) is 21.2. The standard InChI is InChI=1S/C22H31N5O2/c1-16(2)29-20-10-8-19(9-11-20)26-22(23)25-15-17-6-5-7-18(14-17)21(28)24-12-13-27(3)4/h5-11,14,16H,12-13,15H2,1-4H3,(H,24,28)(H3,23,25,26). The normalized spacial score (nSPS) is 11.6. The third kappa shape index (κ3) is 8.23. The molecule has 156 valence electrons. The molecule has 0 fully saturated rings. The Labute approximate surface area is 173 Å². The van der Waals surface area contributed by atoms with Crippen LogP contribution in [-0.2, 0) is 6.54 Å². The number of hydrogen-bond acceptors (Lipinski definition) is 4. The second kappa shape index (κ2) is 11.1. The first kappa shape index (κ1) is 22.2. The first-order valence-electron chi connectivity index (χ1n) is 9.69. The fraction of sp³-hybridized carbons (Fsp3) is 0.364. The zero-order valence-corrected chi connectivity index (χ0v) is 17.6. The molecule has 0 bridgehead atoms. The highest BCUT2D eigenvalue weighted by atomic mass is 16.5. The van der Waals surface area contributed by atoms with Gasteiger partial charge in [-0.15, -0.1) is 0 Å². The van der Waals surface area contributed by atoms with Gasteiger partial charge in [-0.3, -0.25) is 4.79 Å². The van der Waals surface area contributed by atoms with Crippen LogP contribution in [0.25, 0.3) is 0 Å². The SMILES string of the molecule is CC(C)Oc1ccc(NC(N)=NCc2cccc(C(=O)NCCN(C)C)c2)cc1. The molecule has 1 amide bonds. The van der Waals surface area contributed by atoms with E-state index in [1.807, 2.05) is 75.3 Å². The summed E-state index contributed by atoms with van der Waals surface area (Å²) < 4.78 is 5.62. The Balaban J connectivity index is 1.90. The number of nitrogens with zero attached hydrogens (tertiary/aromatic N) is 2. The third-order valence-electron chi connectivity index (χ3n) is 3.96. The topological polar surface area (TPSA) is 92.0 Å². The van der Waals surface area contributed by atoms with Gasteiger partial charge in [-0.1, -0.05) is 12.1 Å². The summed E-state index contributed by atoms with van der Waals surface area (Å²) in [5.74, 6) is 1.03. The molecule has 7 heteroatoms. The summed E-state index contributed by atoms with van der Waals surface area (Å²) >= 11 is 0. The van der Waals surface area contributed by atoms with E-state index in [4.69, 9.17) is 10.5 Å². The number of guanidine groups is 1. The maximum absolute atomic E-state index is 12.2. The molecule has 0 saturated heterocycles. The van der Waals surface area contributed by atoms with Crippen LogP contribution < -0.4 is 21.1 Å². The van der Waals surface area contributed by atoms with E-state index >= 15 is 0 Å². The summed E-state index contributed by atoms with van der Waals surface area (Å²) in [6.45, 7) is 5.75. The molecule has 0 unspecified atom stereocenters. The Morgan fingerprint density at radius 3 is 2.55 bits per heavy atom. The van der Waals surface area contributed by atoms with Crippen LogP contribution in [0.15, 0.2) is 53.5 Å². The molecule has 0 spiro atoms. The van der Waals surface area contributed by atoms with Gasteiger partial charge < -0.3 is 26.0 Å². The van der Waals surface area contributed by atoms with Crippen LogP contribution in [0.2, 0.25) is 0 Å². The van der Waals surface area contributed by atoms with Crippen molar-refractivity contribution >= 4 is 17.6 Å². The smallest absolute Gasteiger partial charge is 0.251 e. The number of benzene rings is 2. The van der Waals surface area contributed by atoms with Gasteiger partial charge in [0.25, 0.3) is 5.91 Å². The van der Waals surface area contributed by atoms with Crippen LogP contribution in [-0.4, -0.2) is 50.1 Å². The van der Waals surface area contributed by atoms with Crippen molar-refractivity contribution < 1.29 is 9.53 Å². The van der Waals surface area contributed by atoms with Gasteiger partial charge in [-0.2, -0.15) is 0 Å². The van der Waals surface area contributed by atoms with Gasteiger partial charge in [-0.25, -0.2) is 4.99 Å². The number of rotatable bonds is 9. The van der Waals surface area contributed by atoms with E-state index < -0.39 is 0 Å². The maximum atomic E-state index is 12.2. The van der Waals surface area contributed by atoms with E-state index in [0.29, 0.717) is 24.6 Å². The van der Waals surface area contributed by atoms with Crippen LogP contribution in [0, 0.1) is 0 Å². The summed E-state index contributed by atoms with van der Waals surface area (Å²) in [5.41, 5.74) is 8.35. The third-order valence-corrected chi connectivity index (χ3v) is 3.96. The number of aliphatic imine (C=N–C) groups is 1. The van der Waals surface area contributed by atoms with Crippen molar-refractivity contribution in [3.63, 3.8) is 0 Å². The molecular formula is C22H31N5O2. The van der Waals surface area contributed by atoms with Crippen molar-refractivity contribution in [1.29, 1.82) is 0 Å². The van der Waals surface area contributed by atoms with E-state index in [1.165, 1.54) is 0 Å². The average molecular weight is 398 g/mol. The Hall–Kier alpha value is -3.06. The predicted octanol–water partition coefficient (Wildman–Crippen LogP) is 2.69. The number of hydrogen-bond donors (Lipinski definition) is 3. The highest BCUT2D eigenvalue weighted by molar-refractivity contribution is 5.94. The van der Waals surface area contributed by atoms with E-state index in [0.717, 1.165) is 23.5 Å². The van der Waals surface area contributed by atoms with Crippen LogP contribution in [0.3, 0.4) is 0 Å². The average Bonchev–Trinajstić information content (AvgIpc) is 2.67. The molecule has 2 rings (SSSR count). The first-order valence-corrected chi connectivity index (χ1v) is 9.69. The Kier molecular flexibility index (Phi) is 8.48. The van der Waals surface area contributed by atoms with Crippen LogP contribution >= 0.6 is 0 Å². The van der Waals surface area contributed by atoms with E-state index in [9.17, 15) is 4.79 Å². The molecule has 0 aliphatic heterocycles. The molecule has 0 aromatic heterocycles. The minimum atomic E-state index is -0.0903. The van der Waals surface area contributed by atoms with Crippen LogP contribution in [0.4, 0.5) is 5.69 Å². The van der Waals surface area contributed by atoms with Crippen molar-refractivity contribution in [2.45, 2.75) is 26.5 Å². The highest BCUT2D eigenvalue weighted by Crippen LogP contribution is 2.16. The number of nitrogens with one attached hydrogen (secondary N) is 2. The quantitative estimate of drug-likeness (QED) is 0.447. The number of likely N-dealkylation sites (N-methyl/N-ethyl adjacent to an activating group) is 1. The molecule has 2 aromatic rings. The lowest BCUT2D eigenvalue weighted by molar-refractivity contribution is 0.0951. The van der Waals surface area contributed by atoms with Crippen molar-refractivity contribution in [2.24, 2.45) is 10.7 Å². The predicted molar refractivity (Wildman–Crippen MR) is 118 cm³/mol. The van der Waals surface area contributed by atoms with Gasteiger partial charge in [0.1, 0.15) is 5.75 Å². The molecule has 0 aliphatic carbocycles. The van der Waals surface area contributed by atoms with Gasteiger partial charge >= 0.3 is 0 Å². The van der Waals surface area contributed by atoms with E-state index in [2.05, 4.69) is 15.6 Å². The molecule has 0 atom stereocenters. The summed E-state index contributed by atoms with van der Waals surface area (Å²) in [4.78, 5) is 18.6. The largest absolute Gasteiger partial charge is 0.491 e. The lowest BCUT2D eigenvalue weighted by Crippen LogP contribution is -2.31. The number of ether oxygens (including phenoxy) is 1. The van der Waals surface area contributed by atoms with Crippen molar-refractivity contribution in [3.05, 3.63) is 59.7 Å². The lowest BCUT2D eigenvalue weighted by Gasteiger charge is -2.11. The van der Waals surface area contributed by atoms with Gasteiger partial charge in [0.15, 0.2) is 5.96 Å². The lowest BCUT2D eigenvalue weighted by atomic mass is 10.1. The fourth-order valence-corrected chi connectivity index (χ4v) is 2.56. The number of nitrogens with two attached hydrogens (primary N) is 1. The molecular weight excluding hydrogens is 366 g/mol. The number of carbonyl (C=O) groups excluding carboxylic acids is 1. The second-order valence-electron chi connectivity index (χ2n) is 7.28. The van der Waals surface area contributed by atoms with Crippen molar-refractivity contribution in [1.82, 2.24) is 10.2 Å². The monoisotopic (exact) mass is 397 g/mol. The number of carbonyl (C=O) groups is 1. The summed E-state index contributed by atoms with van der Waals surface area (Å²) in [6.07, 6.45) is 0.131. The second-order valence-corrected chi connectivity index (χ2v) is 7.28. The molecule has 0 radical (unpaired) electrons. The maximum Gasteiger partial charge on any atom is 0.251 e. The van der Waals surface area contributed by atoms with Gasteiger partial charge in [0.2, 0.25) is 0 Å². The number of anilines is 1. The molecule has 7 nitrogen and oxygen atoms in total. The Morgan fingerprint density at radius 1 is 1.17 bits per heavy atom. The molecule has 4 N–H and O–H groups in total. The van der Waals surface area contributed by atoms with Gasteiger partial charge in [0.05, 0.1) is 12.6 Å². The summed E-state index contributed by atoms with van der Waals surface area (Å²) in [6, 6.07) is 14.9. The Morgan fingerprint density at radius 2 is 1.90 bits per heavy atom.